The summed E-state index contributed by atoms with van der Waals surface area (Å²) in [5.74, 6) is -1.08. The molecule has 248 valence electrons. The molecule has 3 N–H and O–H groups in total. The molecule has 0 unspecified atom stereocenters. The van der Waals surface area contributed by atoms with E-state index in [1.54, 1.807) is 19.1 Å². The van der Waals surface area contributed by atoms with Crippen LogP contribution in [0.2, 0.25) is 0 Å². The molecule has 14 heteroatoms. The Morgan fingerprint density at radius 1 is 0.935 bits per heavy atom. The Labute approximate surface area is 265 Å². The quantitative estimate of drug-likeness (QED) is 0.323. The van der Waals surface area contributed by atoms with Gasteiger partial charge in [0.05, 0.1) is 5.56 Å². The van der Waals surface area contributed by atoms with E-state index in [4.69, 9.17) is 0 Å². The zero-order chi connectivity index (χ0) is 33.0. The van der Waals surface area contributed by atoms with Crippen molar-refractivity contribution in [2.24, 2.45) is 5.92 Å². The SMILES string of the molecule is CCc1cc(-c2nnc(C(=O)NCC(F)(F)F)n2-c2ccc(CN3CCN(CC4CCN(C(C)=O)CC4)CC3)cc2)c(O)cc1O. The van der Waals surface area contributed by atoms with Crippen molar-refractivity contribution in [3.05, 3.63) is 53.3 Å². The molecule has 1 aromatic heterocycles. The summed E-state index contributed by atoms with van der Waals surface area (Å²) in [7, 11) is 0. The molecule has 0 bridgehead atoms. The largest absolute Gasteiger partial charge is 0.508 e. The van der Waals surface area contributed by atoms with Crippen molar-refractivity contribution in [2.45, 2.75) is 45.8 Å². The van der Waals surface area contributed by atoms with Gasteiger partial charge in [-0.3, -0.25) is 19.1 Å². The molecule has 11 nitrogen and oxygen atoms in total. The molecule has 2 saturated heterocycles. The number of halogens is 3. The number of rotatable bonds is 9. The molecule has 5 rings (SSSR count). The van der Waals surface area contributed by atoms with Crippen molar-refractivity contribution >= 4 is 11.8 Å². The van der Waals surface area contributed by atoms with Gasteiger partial charge in [-0.2, -0.15) is 13.2 Å². The second-order valence-corrected chi connectivity index (χ2v) is 12.0. The molecule has 0 radical (unpaired) electrons. The van der Waals surface area contributed by atoms with Crippen LogP contribution in [0.1, 0.15) is 48.4 Å². The third-order valence-electron chi connectivity index (χ3n) is 8.78. The molecule has 2 aromatic carbocycles. The van der Waals surface area contributed by atoms with Gasteiger partial charge in [-0.25, -0.2) is 0 Å². The van der Waals surface area contributed by atoms with Crippen LogP contribution in [0.5, 0.6) is 11.5 Å². The van der Waals surface area contributed by atoms with Gasteiger partial charge in [0.15, 0.2) is 5.82 Å². The van der Waals surface area contributed by atoms with Crippen LogP contribution in [0.25, 0.3) is 17.1 Å². The molecule has 3 aromatic rings. The van der Waals surface area contributed by atoms with Gasteiger partial charge >= 0.3 is 6.18 Å². The maximum absolute atomic E-state index is 12.9. The number of phenols is 2. The highest BCUT2D eigenvalue weighted by Gasteiger charge is 2.31. The lowest BCUT2D eigenvalue weighted by molar-refractivity contribution is -0.130. The summed E-state index contributed by atoms with van der Waals surface area (Å²) in [5, 5.41) is 30.6. The molecular formula is C32H40F3N7O4. The summed E-state index contributed by atoms with van der Waals surface area (Å²) < 4.78 is 39.9. The summed E-state index contributed by atoms with van der Waals surface area (Å²) in [6.07, 6.45) is -2.10. The van der Waals surface area contributed by atoms with Crippen LogP contribution in [0.3, 0.4) is 0 Å². The number of likely N-dealkylation sites (tertiary alicyclic amines) is 1. The summed E-state index contributed by atoms with van der Waals surface area (Å²) >= 11 is 0. The number of piperazine rings is 1. The molecule has 0 aliphatic carbocycles. The van der Waals surface area contributed by atoms with Gasteiger partial charge in [0, 0.05) is 71.0 Å². The predicted molar refractivity (Wildman–Crippen MR) is 165 cm³/mol. The van der Waals surface area contributed by atoms with Gasteiger partial charge in [0.25, 0.3) is 5.91 Å². The van der Waals surface area contributed by atoms with Crippen molar-refractivity contribution in [3.8, 4) is 28.6 Å². The van der Waals surface area contributed by atoms with E-state index in [-0.39, 0.29) is 34.6 Å². The van der Waals surface area contributed by atoms with Crippen LogP contribution in [0.15, 0.2) is 36.4 Å². The lowest BCUT2D eigenvalue weighted by Crippen LogP contribution is -2.48. The van der Waals surface area contributed by atoms with Crippen molar-refractivity contribution in [1.82, 2.24) is 34.8 Å². The highest BCUT2D eigenvalue weighted by Crippen LogP contribution is 2.36. The lowest BCUT2D eigenvalue weighted by atomic mass is 9.96. The summed E-state index contributed by atoms with van der Waals surface area (Å²) in [5.41, 5.74) is 2.13. The van der Waals surface area contributed by atoms with E-state index in [9.17, 15) is 33.0 Å². The number of hydrogen-bond acceptors (Lipinski definition) is 8. The van der Waals surface area contributed by atoms with E-state index < -0.39 is 18.6 Å². The third kappa shape index (κ3) is 7.97. The molecule has 0 saturated carbocycles. The van der Waals surface area contributed by atoms with Crippen LogP contribution in [0.4, 0.5) is 13.2 Å². The second kappa shape index (κ2) is 14.1. The number of nitrogens with one attached hydrogen (secondary N) is 1. The fourth-order valence-corrected chi connectivity index (χ4v) is 6.13. The van der Waals surface area contributed by atoms with E-state index in [2.05, 4.69) is 20.0 Å². The highest BCUT2D eigenvalue weighted by molar-refractivity contribution is 5.92. The van der Waals surface area contributed by atoms with Gasteiger partial charge in [-0.05, 0) is 54.5 Å². The van der Waals surface area contributed by atoms with Crippen molar-refractivity contribution < 1.29 is 33.0 Å². The standard InChI is InChI=1S/C32H40F3N7O4/c1-3-24-16-26(28(45)17-27(24)44)29-37-38-30(31(46)36-20-32(33,34)35)42(29)25-6-4-22(5-7-25)18-39-12-14-40(15-13-39)19-23-8-10-41(11-9-23)21(2)43/h4-7,16-17,23,44-45H,3,8-15,18-20H2,1-2H3,(H,36,46). The van der Waals surface area contributed by atoms with E-state index in [1.165, 1.54) is 10.6 Å². The number of nitrogens with zero attached hydrogens (tertiary/aromatic N) is 6. The minimum atomic E-state index is -4.62. The van der Waals surface area contributed by atoms with Gasteiger partial charge in [-0.15, -0.1) is 10.2 Å². The smallest absolute Gasteiger partial charge is 0.405 e. The lowest BCUT2D eigenvalue weighted by Gasteiger charge is -2.38. The molecule has 2 fully saturated rings. The Morgan fingerprint density at radius 3 is 2.20 bits per heavy atom. The van der Waals surface area contributed by atoms with E-state index >= 15 is 0 Å². The number of amides is 2. The van der Waals surface area contributed by atoms with Crippen LogP contribution in [0, 0.1) is 5.92 Å². The number of aromatic hydroxyl groups is 2. The number of aromatic nitrogens is 3. The molecule has 0 spiro atoms. The number of alkyl halides is 3. The average Bonchev–Trinajstić information content (AvgIpc) is 3.46. The van der Waals surface area contributed by atoms with Gasteiger partial charge < -0.3 is 25.3 Å². The molecule has 2 amide bonds. The molecule has 2 aliphatic heterocycles. The van der Waals surface area contributed by atoms with Crippen LogP contribution >= 0.6 is 0 Å². The summed E-state index contributed by atoms with van der Waals surface area (Å²) in [6.45, 7) is 9.07. The monoisotopic (exact) mass is 643 g/mol. The number of aryl methyl sites for hydroxylation is 1. The number of benzene rings is 2. The zero-order valence-electron chi connectivity index (χ0n) is 26.1. The van der Waals surface area contributed by atoms with Crippen LogP contribution in [-0.2, 0) is 17.8 Å². The van der Waals surface area contributed by atoms with Crippen LogP contribution in [-0.4, -0.2) is 110 Å². The minimum absolute atomic E-state index is 0.0419. The summed E-state index contributed by atoms with van der Waals surface area (Å²) in [4.78, 5) is 31.2. The maximum atomic E-state index is 12.9. The molecule has 46 heavy (non-hydrogen) atoms. The molecule has 3 heterocycles. The topological polar surface area (TPSA) is 127 Å². The van der Waals surface area contributed by atoms with E-state index in [1.807, 2.05) is 29.3 Å². The van der Waals surface area contributed by atoms with Gasteiger partial charge in [0.2, 0.25) is 11.7 Å². The van der Waals surface area contributed by atoms with Crippen LogP contribution < -0.4 is 5.32 Å². The Bertz CT molecular complexity index is 1530. The van der Waals surface area contributed by atoms with Crippen molar-refractivity contribution in [3.63, 3.8) is 0 Å². The first-order chi connectivity index (χ1) is 21.9. The fourth-order valence-electron chi connectivity index (χ4n) is 6.13. The number of phenolic OH excluding ortho intramolecular Hbond substituents is 2. The number of carbonyl (C=O) groups excluding carboxylic acids is 2. The Morgan fingerprint density at radius 2 is 1.59 bits per heavy atom. The van der Waals surface area contributed by atoms with Gasteiger partial charge in [0.1, 0.15) is 18.0 Å². The first kappa shape index (κ1) is 33.2. The molecule has 2 aliphatic rings. The first-order valence-electron chi connectivity index (χ1n) is 15.6. The Hall–Kier alpha value is -4.17. The maximum Gasteiger partial charge on any atom is 0.405 e. The average molecular weight is 644 g/mol. The van der Waals surface area contributed by atoms with Gasteiger partial charge in [-0.1, -0.05) is 19.1 Å². The zero-order valence-corrected chi connectivity index (χ0v) is 26.1. The Balaban J connectivity index is 1.28. The normalized spacial score (nSPS) is 16.9. The molecular weight excluding hydrogens is 603 g/mol. The summed E-state index contributed by atoms with van der Waals surface area (Å²) in [6, 6.07) is 9.94. The van der Waals surface area contributed by atoms with Crippen molar-refractivity contribution in [2.75, 3.05) is 52.4 Å². The minimum Gasteiger partial charge on any atom is -0.508 e. The highest BCUT2D eigenvalue weighted by atomic mass is 19.4. The first-order valence-corrected chi connectivity index (χ1v) is 15.6. The predicted octanol–water partition coefficient (Wildman–Crippen LogP) is 3.58. The fraction of sp³-hybridized carbons (Fsp3) is 0.500. The number of carbonyl (C=O) groups is 2. The van der Waals surface area contributed by atoms with E-state index in [0.717, 1.165) is 70.3 Å². The van der Waals surface area contributed by atoms with E-state index in [0.29, 0.717) is 30.1 Å². The Kier molecular flexibility index (Phi) is 10.2. The second-order valence-electron chi connectivity index (χ2n) is 12.0. The van der Waals surface area contributed by atoms with Crippen molar-refractivity contribution in [1.29, 1.82) is 0 Å². The molecule has 0 atom stereocenters. The number of piperidine rings is 1. The third-order valence-corrected chi connectivity index (χ3v) is 8.78. The number of hydrogen-bond donors (Lipinski definition) is 3.